The lowest BCUT2D eigenvalue weighted by Gasteiger charge is -2.14. The molecule has 1 atom stereocenters. The van der Waals surface area contributed by atoms with Gasteiger partial charge in [-0.3, -0.25) is 0 Å². The van der Waals surface area contributed by atoms with Crippen LogP contribution in [0.2, 0.25) is 0 Å². The van der Waals surface area contributed by atoms with Crippen LogP contribution in [0.1, 0.15) is 18.2 Å². The molecule has 1 aliphatic heterocycles. The monoisotopic (exact) mass is 304 g/mol. The molecule has 108 valence electrons. The molecule has 0 bridgehead atoms. The van der Waals surface area contributed by atoms with E-state index in [1.54, 1.807) is 11.4 Å². The van der Waals surface area contributed by atoms with E-state index in [1.807, 2.05) is 0 Å². The van der Waals surface area contributed by atoms with Crippen molar-refractivity contribution < 1.29 is 13.5 Å². The first-order chi connectivity index (χ1) is 9.06. The quantitative estimate of drug-likeness (QED) is 0.818. The minimum atomic E-state index is -3.49. The van der Waals surface area contributed by atoms with Crippen LogP contribution in [0.3, 0.4) is 0 Å². The number of hydrogen-bond acceptors (Lipinski definition) is 5. The third-order valence-electron chi connectivity index (χ3n) is 3.52. The number of aliphatic hydroxyl groups excluding tert-OH is 1. The van der Waals surface area contributed by atoms with Gasteiger partial charge in [0.15, 0.2) is 0 Å². The highest BCUT2D eigenvalue weighted by Gasteiger charge is 2.24. The van der Waals surface area contributed by atoms with E-state index < -0.39 is 10.0 Å². The molecule has 1 unspecified atom stereocenters. The fourth-order valence-electron chi connectivity index (χ4n) is 2.36. The van der Waals surface area contributed by atoms with Crippen molar-refractivity contribution >= 4 is 21.4 Å². The zero-order valence-electron chi connectivity index (χ0n) is 11.0. The number of nitrogens with one attached hydrogen (secondary N) is 1. The van der Waals surface area contributed by atoms with Crippen molar-refractivity contribution in [3.63, 3.8) is 0 Å². The number of aliphatic hydroxyl groups is 1. The Hall–Kier alpha value is -0.470. The van der Waals surface area contributed by atoms with Gasteiger partial charge in [0.25, 0.3) is 0 Å². The standard InChI is InChI=1S/C12H20N2O3S2/c1-2-14-5-3-10(8-14)7-13-19(16,17)12-4-6-18-11(12)9-15/h4,6,10,13,15H,2-3,5,7-9H2,1H3. The summed E-state index contributed by atoms with van der Waals surface area (Å²) in [5, 5.41) is 10.8. The van der Waals surface area contributed by atoms with Gasteiger partial charge in [0.05, 0.1) is 11.5 Å². The van der Waals surface area contributed by atoms with Gasteiger partial charge in [0, 0.05) is 18.0 Å². The summed E-state index contributed by atoms with van der Waals surface area (Å²) in [5.74, 6) is 0.380. The number of rotatable bonds is 6. The average Bonchev–Trinajstić information content (AvgIpc) is 3.05. The molecule has 0 spiro atoms. The van der Waals surface area contributed by atoms with Crippen LogP contribution in [-0.4, -0.2) is 44.6 Å². The van der Waals surface area contributed by atoms with Crippen LogP contribution in [0.15, 0.2) is 16.3 Å². The van der Waals surface area contributed by atoms with Gasteiger partial charge < -0.3 is 10.0 Å². The van der Waals surface area contributed by atoms with Crippen molar-refractivity contribution in [2.75, 3.05) is 26.2 Å². The number of likely N-dealkylation sites (tertiary alicyclic amines) is 1. The van der Waals surface area contributed by atoms with Gasteiger partial charge in [-0.2, -0.15) is 0 Å². The first-order valence-electron chi connectivity index (χ1n) is 6.46. The number of thiophene rings is 1. The Kier molecular flexibility index (Phi) is 4.97. The maximum atomic E-state index is 12.2. The molecule has 7 heteroatoms. The van der Waals surface area contributed by atoms with Gasteiger partial charge in [-0.05, 0) is 36.9 Å². The maximum absolute atomic E-state index is 12.2. The summed E-state index contributed by atoms with van der Waals surface area (Å²) in [4.78, 5) is 3.03. The molecule has 5 nitrogen and oxygen atoms in total. The van der Waals surface area contributed by atoms with Crippen LogP contribution < -0.4 is 4.72 Å². The molecule has 0 amide bonds. The van der Waals surface area contributed by atoms with Crippen molar-refractivity contribution in [2.45, 2.75) is 24.8 Å². The molecule has 0 radical (unpaired) electrons. The van der Waals surface area contributed by atoms with Gasteiger partial charge in [0.2, 0.25) is 10.0 Å². The highest BCUT2D eigenvalue weighted by atomic mass is 32.2. The average molecular weight is 304 g/mol. The molecule has 1 saturated heterocycles. The van der Waals surface area contributed by atoms with Crippen LogP contribution in [0, 0.1) is 5.92 Å². The summed E-state index contributed by atoms with van der Waals surface area (Å²) in [7, 11) is -3.49. The highest BCUT2D eigenvalue weighted by Crippen LogP contribution is 2.22. The Balaban J connectivity index is 1.95. The van der Waals surface area contributed by atoms with E-state index in [4.69, 9.17) is 5.11 Å². The van der Waals surface area contributed by atoms with Gasteiger partial charge in [0.1, 0.15) is 0 Å². The smallest absolute Gasteiger partial charge is 0.241 e. The Labute approximate surface area is 118 Å². The Morgan fingerprint density at radius 1 is 1.58 bits per heavy atom. The Morgan fingerprint density at radius 2 is 2.37 bits per heavy atom. The predicted octanol–water partition coefficient (Wildman–Crippen LogP) is 0.860. The Morgan fingerprint density at radius 3 is 3.00 bits per heavy atom. The lowest BCUT2D eigenvalue weighted by Crippen LogP contribution is -2.31. The largest absolute Gasteiger partial charge is 0.391 e. The predicted molar refractivity (Wildman–Crippen MR) is 75.7 cm³/mol. The third kappa shape index (κ3) is 3.55. The molecule has 1 aliphatic rings. The maximum Gasteiger partial charge on any atom is 0.241 e. The SMILES string of the molecule is CCN1CCC(CNS(=O)(=O)c2ccsc2CO)C1. The molecule has 0 saturated carbocycles. The van der Waals surface area contributed by atoms with Gasteiger partial charge >= 0.3 is 0 Å². The molecule has 0 aromatic carbocycles. The van der Waals surface area contributed by atoms with E-state index in [0.717, 1.165) is 26.1 Å². The number of sulfonamides is 1. The first-order valence-corrected chi connectivity index (χ1v) is 8.82. The summed E-state index contributed by atoms with van der Waals surface area (Å²) in [6.07, 6.45) is 1.03. The Bertz CT molecular complexity index is 513. The molecule has 2 heterocycles. The molecular weight excluding hydrogens is 284 g/mol. The molecule has 1 aromatic rings. The van der Waals surface area contributed by atoms with Crippen molar-refractivity contribution in [2.24, 2.45) is 5.92 Å². The number of hydrogen-bond donors (Lipinski definition) is 2. The van der Waals surface area contributed by atoms with Crippen LogP contribution in [-0.2, 0) is 16.6 Å². The summed E-state index contributed by atoms with van der Waals surface area (Å²) >= 11 is 1.26. The van der Waals surface area contributed by atoms with E-state index in [1.165, 1.54) is 11.3 Å². The van der Waals surface area contributed by atoms with Crippen LogP contribution >= 0.6 is 11.3 Å². The molecule has 1 fully saturated rings. The molecule has 1 aromatic heterocycles. The van der Waals surface area contributed by atoms with Crippen LogP contribution in [0.5, 0.6) is 0 Å². The fraction of sp³-hybridized carbons (Fsp3) is 0.667. The van der Waals surface area contributed by atoms with E-state index in [-0.39, 0.29) is 11.5 Å². The second-order valence-electron chi connectivity index (χ2n) is 4.77. The summed E-state index contributed by atoms with van der Waals surface area (Å²) in [5.41, 5.74) is 0. The van der Waals surface area contributed by atoms with Gasteiger partial charge in [-0.15, -0.1) is 11.3 Å². The van der Waals surface area contributed by atoms with Gasteiger partial charge in [-0.25, -0.2) is 13.1 Å². The van der Waals surface area contributed by atoms with E-state index in [2.05, 4.69) is 16.5 Å². The van der Waals surface area contributed by atoms with Crippen LogP contribution in [0.4, 0.5) is 0 Å². The molecule has 19 heavy (non-hydrogen) atoms. The lowest BCUT2D eigenvalue weighted by atomic mass is 10.1. The molecular formula is C12H20N2O3S2. The number of nitrogens with zero attached hydrogens (tertiary/aromatic N) is 1. The summed E-state index contributed by atoms with van der Waals surface area (Å²) in [6.45, 7) is 5.37. The van der Waals surface area contributed by atoms with Crippen molar-refractivity contribution in [1.29, 1.82) is 0 Å². The second kappa shape index (κ2) is 6.32. The molecule has 2 N–H and O–H groups in total. The minimum Gasteiger partial charge on any atom is -0.391 e. The van der Waals surface area contributed by atoms with E-state index in [9.17, 15) is 8.42 Å². The van der Waals surface area contributed by atoms with E-state index in [0.29, 0.717) is 17.3 Å². The second-order valence-corrected chi connectivity index (χ2v) is 7.50. The van der Waals surface area contributed by atoms with Gasteiger partial charge in [-0.1, -0.05) is 6.92 Å². The third-order valence-corrected chi connectivity index (χ3v) is 6.06. The normalized spacial score (nSPS) is 21.1. The van der Waals surface area contributed by atoms with Crippen molar-refractivity contribution in [3.8, 4) is 0 Å². The van der Waals surface area contributed by atoms with Crippen LogP contribution in [0.25, 0.3) is 0 Å². The summed E-state index contributed by atoms with van der Waals surface area (Å²) in [6, 6.07) is 1.55. The van der Waals surface area contributed by atoms with Crippen molar-refractivity contribution in [1.82, 2.24) is 9.62 Å². The van der Waals surface area contributed by atoms with Crippen molar-refractivity contribution in [3.05, 3.63) is 16.3 Å². The van der Waals surface area contributed by atoms with E-state index >= 15 is 0 Å². The first kappa shape index (κ1) is 14.9. The highest BCUT2D eigenvalue weighted by molar-refractivity contribution is 7.89. The zero-order chi connectivity index (χ0) is 13.9. The topological polar surface area (TPSA) is 69.6 Å². The summed E-state index contributed by atoms with van der Waals surface area (Å²) < 4.78 is 27.0. The molecule has 2 rings (SSSR count). The zero-order valence-corrected chi connectivity index (χ0v) is 12.6. The molecule has 0 aliphatic carbocycles. The lowest BCUT2D eigenvalue weighted by molar-refractivity contribution is 0.282. The minimum absolute atomic E-state index is 0.213. The fourth-order valence-corrected chi connectivity index (χ4v) is 4.76.